The normalized spacial score (nSPS) is 14.9. The molecular formula is C88H125N25O12S9. The average Bonchev–Trinajstić information content (AvgIpc) is 1.67. The molecule has 0 unspecified atom stereocenters. The van der Waals surface area contributed by atoms with Crippen LogP contribution in [0.1, 0.15) is 212 Å². The van der Waals surface area contributed by atoms with E-state index in [2.05, 4.69) is 112 Å². The second-order valence-corrected chi connectivity index (χ2v) is 50.1. The molecule has 37 nitrogen and oxygen atoms in total. The number of aryl methyl sites for hydroxylation is 1. The molecule has 14 heterocycles. The van der Waals surface area contributed by atoms with Gasteiger partial charge in [0.25, 0.3) is 30.1 Å². The molecule has 728 valence electrons. The molecule has 0 saturated heterocycles. The first-order valence-corrected chi connectivity index (χ1v) is 54.2. The fourth-order valence-corrected chi connectivity index (χ4v) is 23.5. The lowest BCUT2D eigenvalue weighted by atomic mass is 10.1. The molecule has 14 aromatic heterocycles. The monoisotopic (exact) mass is 2010 g/mol. The maximum Gasteiger partial charge on any atom is 0.311 e. The molecule has 0 amide bonds. The molecule has 15 N–H and O–H groups in total. The minimum atomic E-state index is -3.69. The second kappa shape index (κ2) is 39.7. The molecular weight excluding hydrogens is 1890 g/mol. The molecule has 5 saturated carbocycles. The van der Waals surface area contributed by atoms with Gasteiger partial charge in [0.15, 0.2) is 38.9 Å². The van der Waals surface area contributed by atoms with Crippen LogP contribution in [0.25, 0.3) is 48.4 Å². The van der Waals surface area contributed by atoms with Gasteiger partial charge in [-0.15, -0.1) is 45.3 Å². The molecule has 5 aliphatic carbocycles. The first kappa shape index (κ1) is 96.9. The molecule has 5 fully saturated rings. The molecule has 14 aromatic rings. The van der Waals surface area contributed by atoms with E-state index < -0.39 is 71.5 Å². The van der Waals surface area contributed by atoms with Gasteiger partial charge in [0.2, 0.25) is 15.8 Å². The van der Waals surface area contributed by atoms with Crippen LogP contribution in [0.2, 0.25) is 0 Å². The van der Waals surface area contributed by atoms with Crippen molar-refractivity contribution in [2.75, 3.05) is 38.6 Å². The highest BCUT2D eigenvalue weighted by Gasteiger charge is 2.33. The summed E-state index contributed by atoms with van der Waals surface area (Å²) in [6.45, 7) is 18.2. The predicted molar refractivity (Wildman–Crippen MR) is 549 cm³/mol. The summed E-state index contributed by atoms with van der Waals surface area (Å²) in [5, 5.41) is 68.7. The number of primary sulfonamides is 1. The van der Waals surface area contributed by atoms with Crippen LogP contribution in [0.4, 0.5) is 63.9 Å². The Bertz CT molecular complexity index is 7270. The quantitative estimate of drug-likeness (QED) is 0.0147. The number of anilines is 10. The molecule has 0 radical (unpaired) electrons. The summed E-state index contributed by atoms with van der Waals surface area (Å²) >= 11 is 4.56. The Kier molecular flexibility index (Phi) is 28.7. The van der Waals surface area contributed by atoms with E-state index in [1.165, 1.54) is 105 Å². The number of nitrogens with zero attached hydrogens (tertiary/aromatic N) is 11. The Morgan fingerprint density at radius 2 is 0.701 bits per heavy atom. The summed E-state index contributed by atoms with van der Waals surface area (Å²) in [6, 6.07) is 46.4. The number of sulfone groups is 1. The topological polar surface area (TPSA) is 544 Å². The third kappa shape index (κ3) is 27.6. The van der Waals surface area contributed by atoms with Crippen LogP contribution in [-0.2, 0) is 49.9 Å². The van der Waals surface area contributed by atoms with E-state index in [9.17, 15) is 52.2 Å². The number of nitro groups is 1. The molecule has 0 spiro atoms. The highest BCUT2D eigenvalue weighted by Crippen LogP contribution is 2.45. The van der Waals surface area contributed by atoms with Crippen LogP contribution < -0.4 is 45.9 Å². The zero-order valence-electron chi connectivity index (χ0n) is 74.9. The number of nitrogens with one attached hydrogen (secondary N) is 13. The molecule has 46 heteroatoms. The summed E-state index contributed by atoms with van der Waals surface area (Å²) in [4.78, 5) is 36.5. The van der Waals surface area contributed by atoms with Crippen LogP contribution in [0, 0.1) is 17.0 Å². The number of aromatic nitrogens is 15. The van der Waals surface area contributed by atoms with E-state index in [4.69, 9.17) is 10.1 Å². The van der Waals surface area contributed by atoms with Crippen LogP contribution in [0.5, 0.6) is 0 Å². The van der Waals surface area contributed by atoms with Gasteiger partial charge in [-0.05, 0) is 242 Å². The van der Waals surface area contributed by atoms with Crippen molar-refractivity contribution in [2.45, 2.75) is 196 Å². The Balaban J connectivity index is 0.000000372. The van der Waals surface area contributed by atoms with E-state index in [0.29, 0.717) is 86.3 Å². The minimum absolute atomic E-state index is 0. The number of thiophene rings is 4. The second-order valence-electron chi connectivity index (χ2n) is 36.1. The van der Waals surface area contributed by atoms with Gasteiger partial charge in [-0.25, -0.2) is 86.3 Å². The zero-order valence-corrected chi connectivity index (χ0v) is 82.2. The smallest absolute Gasteiger partial charge is 0.311 e. The number of hydrogen-bond acceptors (Lipinski definition) is 31. The van der Waals surface area contributed by atoms with E-state index in [1.54, 1.807) is 69.3 Å². The van der Waals surface area contributed by atoms with E-state index in [0.717, 1.165) is 113 Å². The van der Waals surface area contributed by atoms with Gasteiger partial charge in [0.1, 0.15) is 40.1 Å². The molecule has 19 rings (SSSR count). The average molecular weight is 2010 g/mol. The van der Waals surface area contributed by atoms with Crippen molar-refractivity contribution in [1.29, 1.82) is 0 Å². The van der Waals surface area contributed by atoms with Gasteiger partial charge in [0, 0.05) is 133 Å². The number of rotatable bonds is 30. The van der Waals surface area contributed by atoms with Gasteiger partial charge < -0.3 is 26.6 Å². The summed E-state index contributed by atoms with van der Waals surface area (Å²) in [7, 11) is -17.5. The van der Waals surface area contributed by atoms with Crippen molar-refractivity contribution in [1.82, 2.24) is 90.1 Å². The standard InChI is InChI=1S/C20H25N5O2S2.C19H22N6O4S2.C19H23N5O2S2.C15H15N5O2S2.C15H18N4O2S.11H2/c1-12-5-8-14(16-9-10-18(28-16)29(26,27)25-20(2,3)4)21-19(12)22-17-11-15(23-24-17)13-6-7-13;1-19(2,3)24-31(28,29)17-9-8-15(30-17)12-6-7-14(25(26)27)18(20-12)21-16-10-13(22-23-16)11-4-5-11;1-19(2,3)24-28(25,26)18-10-9-15(27-18)13-5-4-6-16(20-13)21-17-11-14(22-23-17)12-7-8-12;16-24(21,22)15-7-6-12(23-15)10-2-1-3-13(17-10)18-14-8-11(19-20-14)9-4-5-9;1-22(20,21)9-3-5-12-4-2-6-14(16-12)17-15-10-13(18-19-15)11-7-8-11;;;;;;;;;;;/h5,8-11,13,25H,6-7H2,1-4H3,(H2,21,22,23,24);6-11,24H,4-5H2,1-3H3,(H2,20,21,22,23);4-6,9-12,24H,7-8H2,1-3H3,(H2,20,21,22,23);1-3,6-9H,4-5H2,(H2,16,21,22)(H2,17,18,19,20);2-6,10-11H,7-9H2,1H3,(H2,16,17,18,19);11*1H/b;;;;5-3+;;;;;;;;;;;. The van der Waals surface area contributed by atoms with Crippen molar-refractivity contribution in [3.8, 4) is 42.3 Å². The van der Waals surface area contributed by atoms with Crippen LogP contribution in [0.3, 0.4) is 0 Å². The molecule has 5 aliphatic rings. The molecule has 0 aromatic carbocycles. The summed E-state index contributed by atoms with van der Waals surface area (Å²) in [6.07, 6.45) is 16.4. The maximum absolute atomic E-state index is 12.6. The predicted octanol–water partition coefficient (Wildman–Crippen LogP) is 20.9. The Morgan fingerprint density at radius 1 is 0.396 bits per heavy atom. The molecule has 134 heavy (non-hydrogen) atoms. The zero-order chi connectivity index (χ0) is 95.5. The summed E-state index contributed by atoms with van der Waals surface area (Å²) < 4.78 is 129. The van der Waals surface area contributed by atoms with Gasteiger partial charge in [-0.3, -0.25) is 35.6 Å². The lowest BCUT2D eigenvalue weighted by Crippen LogP contribution is -2.40. The third-order valence-electron chi connectivity index (χ3n) is 20.2. The van der Waals surface area contributed by atoms with Gasteiger partial charge >= 0.3 is 5.69 Å². The SMILES string of the molecule is CC(C)(C)NS(=O)(=O)c1ccc(-c2ccc([N+](=O)[O-])c(Nc3cc(C4CC4)[nH]n3)n2)s1.CC(C)(C)NS(=O)(=O)c1ccc(-c2cccc(Nc3cc(C4CC4)[nH]n3)n2)s1.CS(=O)(=O)C/C=C/c1cccc(Nc2cc(C3CC3)[nH]n2)n1.Cc1ccc(-c2ccc(S(=O)(=O)NC(C)(C)C)s2)nc1Nc1cc(C2CC2)[nH]n1.NS(=O)(=O)c1ccc(-c2cccc(Nc3cc(C4CC4)[nH]n3)n2)s1.[HH].[HH].[HH].[HH].[HH].[HH].[HH].[HH].[HH].[HH].[HH]. The lowest BCUT2D eigenvalue weighted by molar-refractivity contribution is -0.384. The van der Waals surface area contributed by atoms with Gasteiger partial charge in [0.05, 0.1) is 58.7 Å². The fourth-order valence-electron chi connectivity index (χ4n) is 13.3. The fraction of sp³-hybridized carbons (Fsp3) is 0.341. The number of sulfonamides is 4. The molecule has 0 bridgehead atoms. The first-order valence-electron chi connectivity index (χ1n) is 42.9. The number of nitrogens with two attached hydrogens (primary N) is 1. The third-order valence-corrected chi connectivity index (χ3v) is 33.6. The lowest BCUT2D eigenvalue weighted by Gasteiger charge is -2.19. The van der Waals surface area contributed by atoms with E-state index in [1.807, 2.05) is 146 Å². The van der Waals surface area contributed by atoms with E-state index >= 15 is 0 Å². The van der Waals surface area contributed by atoms with Gasteiger partial charge in [-0.2, -0.15) is 25.5 Å². The highest BCUT2D eigenvalue weighted by molar-refractivity contribution is 7.92. The number of aromatic amines is 5. The number of pyridine rings is 5. The highest BCUT2D eigenvalue weighted by atomic mass is 32.3. The van der Waals surface area contributed by atoms with Crippen LogP contribution in [0.15, 0.2) is 181 Å². The van der Waals surface area contributed by atoms with Crippen molar-refractivity contribution in [3.05, 3.63) is 214 Å². The summed E-state index contributed by atoms with van der Waals surface area (Å²) in [5.74, 6) is 9.03. The minimum Gasteiger partial charge on any atom is -0.323 e. The molecule has 0 aliphatic heterocycles. The van der Waals surface area contributed by atoms with Crippen molar-refractivity contribution in [3.63, 3.8) is 0 Å². The largest absolute Gasteiger partial charge is 0.323 e. The van der Waals surface area contributed by atoms with Crippen LogP contribution in [-0.4, -0.2) is 152 Å². The number of H-pyrrole nitrogens is 5. The maximum atomic E-state index is 12.6. The Morgan fingerprint density at radius 3 is 1.03 bits per heavy atom. The summed E-state index contributed by atoms with van der Waals surface area (Å²) in [5.41, 5.74) is 7.94. The van der Waals surface area contributed by atoms with Crippen molar-refractivity contribution in [2.24, 2.45) is 5.14 Å². The first-order chi connectivity index (χ1) is 63.3. The van der Waals surface area contributed by atoms with E-state index in [-0.39, 0.29) is 49.8 Å². The van der Waals surface area contributed by atoms with Crippen LogP contribution >= 0.6 is 45.3 Å². The Hall–Kier alpha value is -11.7. The molecule has 0 atom stereocenters. The van der Waals surface area contributed by atoms with Crippen molar-refractivity contribution < 1.29 is 62.7 Å². The Labute approximate surface area is 808 Å². The number of hydrogen-bond donors (Lipinski definition) is 14. The van der Waals surface area contributed by atoms with Gasteiger partial charge in [-0.1, -0.05) is 30.3 Å². The van der Waals surface area contributed by atoms with Crippen molar-refractivity contribution >= 4 is 165 Å².